The van der Waals surface area contributed by atoms with Crippen LogP contribution in [0, 0.1) is 11.6 Å². The second-order valence-corrected chi connectivity index (χ2v) is 4.92. The standard InChI is InChI=1S/C16H15F2NO/c1-20-12-5-2-10-3-6-15(13(10)9-12)19-16-7-4-11(17)8-14(16)18/h2,4-5,7-9,15,19H,3,6H2,1H3. The second-order valence-electron chi connectivity index (χ2n) is 4.92. The fourth-order valence-electron chi connectivity index (χ4n) is 2.65. The van der Waals surface area contributed by atoms with Gasteiger partial charge < -0.3 is 10.1 Å². The molecular weight excluding hydrogens is 260 g/mol. The molecule has 0 spiro atoms. The summed E-state index contributed by atoms with van der Waals surface area (Å²) in [7, 11) is 1.62. The van der Waals surface area contributed by atoms with Gasteiger partial charge in [-0.2, -0.15) is 0 Å². The number of methoxy groups -OCH3 is 1. The van der Waals surface area contributed by atoms with E-state index in [9.17, 15) is 8.78 Å². The molecule has 1 N–H and O–H groups in total. The van der Waals surface area contributed by atoms with Crippen LogP contribution < -0.4 is 10.1 Å². The minimum atomic E-state index is -0.568. The van der Waals surface area contributed by atoms with Gasteiger partial charge in [-0.15, -0.1) is 0 Å². The third kappa shape index (κ3) is 2.33. The summed E-state index contributed by atoms with van der Waals surface area (Å²) in [5.41, 5.74) is 2.69. The summed E-state index contributed by atoms with van der Waals surface area (Å²) in [4.78, 5) is 0. The molecule has 1 aliphatic carbocycles. The van der Waals surface area contributed by atoms with Gasteiger partial charge >= 0.3 is 0 Å². The number of hydrogen-bond acceptors (Lipinski definition) is 2. The molecule has 2 aromatic rings. The summed E-state index contributed by atoms with van der Waals surface area (Å²) in [5, 5.41) is 3.15. The zero-order valence-corrected chi connectivity index (χ0v) is 11.1. The molecule has 104 valence electrons. The fraction of sp³-hybridized carbons (Fsp3) is 0.250. The summed E-state index contributed by atoms with van der Waals surface area (Å²) in [6.07, 6.45) is 1.83. The Morgan fingerprint density at radius 2 is 2.00 bits per heavy atom. The summed E-state index contributed by atoms with van der Waals surface area (Å²) in [5.74, 6) is -0.347. The molecule has 0 radical (unpaired) electrons. The lowest BCUT2D eigenvalue weighted by Gasteiger charge is -2.16. The van der Waals surface area contributed by atoms with Crippen molar-refractivity contribution in [2.75, 3.05) is 12.4 Å². The Kier molecular flexibility index (Phi) is 3.30. The number of nitrogens with one attached hydrogen (secondary N) is 1. The topological polar surface area (TPSA) is 21.3 Å². The van der Waals surface area contributed by atoms with E-state index in [1.54, 1.807) is 7.11 Å². The number of benzene rings is 2. The molecule has 0 fully saturated rings. The molecular formula is C16H15F2NO. The highest BCUT2D eigenvalue weighted by Crippen LogP contribution is 2.36. The fourth-order valence-corrected chi connectivity index (χ4v) is 2.65. The van der Waals surface area contributed by atoms with Crippen LogP contribution in [0.1, 0.15) is 23.6 Å². The second kappa shape index (κ2) is 5.12. The van der Waals surface area contributed by atoms with Crippen LogP contribution in [-0.2, 0) is 6.42 Å². The number of aryl methyl sites for hydroxylation is 1. The predicted molar refractivity (Wildman–Crippen MR) is 74.0 cm³/mol. The van der Waals surface area contributed by atoms with E-state index in [1.807, 2.05) is 18.2 Å². The zero-order chi connectivity index (χ0) is 14.1. The molecule has 1 atom stereocenters. The van der Waals surface area contributed by atoms with Gasteiger partial charge in [0.15, 0.2) is 0 Å². The van der Waals surface area contributed by atoms with Crippen LogP contribution in [0.3, 0.4) is 0 Å². The van der Waals surface area contributed by atoms with Crippen molar-refractivity contribution in [2.24, 2.45) is 0 Å². The summed E-state index contributed by atoms with van der Waals surface area (Å²) in [6.45, 7) is 0. The first-order chi connectivity index (χ1) is 9.67. The Balaban J connectivity index is 1.87. The van der Waals surface area contributed by atoms with Crippen molar-refractivity contribution < 1.29 is 13.5 Å². The van der Waals surface area contributed by atoms with Crippen molar-refractivity contribution in [1.29, 1.82) is 0 Å². The van der Waals surface area contributed by atoms with E-state index in [0.717, 1.165) is 30.2 Å². The van der Waals surface area contributed by atoms with E-state index in [0.29, 0.717) is 5.69 Å². The molecule has 20 heavy (non-hydrogen) atoms. The van der Waals surface area contributed by atoms with Gasteiger partial charge in [0.2, 0.25) is 0 Å². The largest absolute Gasteiger partial charge is 0.497 e. The number of hydrogen-bond donors (Lipinski definition) is 1. The molecule has 0 amide bonds. The highest BCUT2D eigenvalue weighted by atomic mass is 19.1. The average molecular weight is 275 g/mol. The average Bonchev–Trinajstić information content (AvgIpc) is 2.84. The number of anilines is 1. The number of fused-ring (bicyclic) bond motifs is 1. The number of halogens is 2. The molecule has 2 aromatic carbocycles. The maximum absolute atomic E-state index is 13.7. The van der Waals surface area contributed by atoms with Gasteiger partial charge in [-0.05, 0) is 48.2 Å². The molecule has 1 aliphatic rings. The van der Waals surface area contributed by atoms with E-state index in [1.165, 1.54) is 17.7 Å². The van der Waals surface area contributed by atoms with Crippen LogP contribution >= 0.6 is 0 Å². The molecule has 2 nitrogen and oxygen atoms in total. The van der Waals surface area contributed by atoms with Gasteiger partial charge in [-0.1, -0.05) is 6.07 Å². The summed E-state index contributed by atoms with van der Waals surface area (Å²) < 4.78 is 31.8. The van der Waals surface area contributed by atoms with Crippen LogP contribution in [0.5, 0.6) is 5.75 Å². The maximum Gasteiger partial charge on any atom is 0.149 e. The summed E-state index contributed by atoms with van der Waals surface area (Å²) in [6, 6.07) is 9.55. The normalized spacial score (nSPS) is 16.9. The minimum Gasteiger partial charge on any atom is -0.497 e. The number of rotatable bonds is 3. The van der Waals surface area contributed by atoms with Crippen LogP contribution in [0.25, 0.3) is 0 Å². The SMILES string of the molecule is COc1ccc2c(c1)C(Nc1ccc(F)cc1F)CC2. The van der Waals surface area contributed by atoms with Gasteiger partial charge in [0.05, 0.1) is 18.8 Å². The van der Waals surface area contributed by atoms with Gasteiger partial charge in [-0.25, -0.2) is 8.78 Å². The first kappa shape index (κ1) is 12.9. The zero-order valence-electron chi connectivity index (χ0n) is 11.1. The van der Waals surface area contributed by atoms with E-state index < -0.39 is 11.6 Å². The Labute approximate surface area is 116 Å². The van der Waals surface area contributed by atoms with E-state index in [-0.39, 0.29) is 6.04 Å². The first-order valence-corrected chi connectivity index (χ1v) is 6.56. The highest BCUT2D eigenvalue weighted by molar-refractivity contribution is 5.50. The van der Waals surface area contributed by atoms with Crippen LogP contribution in [0.4, 0.5) is 14.5 Å². The van der Waals surface area contributed by atoms with Gasteiger partial charge in [0.25, 0.3) is 0 Å². The lowest BCUT2D eigenvalue weighted by molar-refractivity contribution is 0.414. The van der Waals surface area contributed by atoms with E-state index in [2.05, 4.69) is 5.32 Å². The van der Waals surface area contributed by atoms with Crippen molar-refractivity contribution in [3.8, 4) is 5.75 Å². The highest BCUT2D eigenvalue weighted by Gasteiger charge is 2.23. The van der Waals surface area contributed by atoms with E-state index in [4.69, 9.17) is 4.74 Å². The quantitative estimate of drug-likeness (QED) is 0.911. The molecule has 4 heteroatoms. The van der Waals surface area contributed by atoms with Gasteiger partial charge in [0.1, 0.15) is 17.4 Å². The lowest BCUT2D eigenvalue weighted by atomic mass is 10.1. The van der Waals surface area contributed by atoms with Crippen LogP contribution in [0.15, 0.2) is 36.4 Å². The molecule has 1 unspecified atom stereocenters. The van der Waals surface area contributed by atoms with Crippen molar-refractivity contribution in [2.45, 2.75) is 18.9 Å². The molecule has 0 heterocycles. The van der Waals surface area contributed by atoms with Crippen molar-refractivity contribution in [1.82, 2.24) is 0 Å². The molecule has 3 rings (SSSR count). The van der Waals surface area contributed by atoms with Crippen LogP contribution in [-0.4, -0.2) is 7.11 Å². The molecule has 0 aliphatic heterocycles. The van der Waals surface area contributed by atoms with Crippen molar-refractivity contribution in [3.63, 3.8) is 0 Å². The smallest absolute Gasteiger partial charge is 0.149 e. The Morgan fingerprint density at radius 3 is 2.75 bits per heavy atom. The predicted octanol–water partition coefficient (Wildman–Crippen LogP) is 4.07. The molecule has 0 bridgehead atoms. The van der Waals surface area contributed by atoms with Crippen molar-refractivity contribution in [3.05, 3.63) is 59.2 Å². The third-order valence-electron chi connectivity index (χ3n) is 3.69. The molecule has 0 saturated carbocycles. The first-order valence-electron chi connectivity index (χ1n) is 6.56. The monoisotopic (exact) mass is 275 g/mol. The molecule has 0 aromatic heterocycles. The van der Waals surface area contributed by atoms with Crippen molar-refractivity contribution >= 4 is 5.69 Å². The number of ether oxygens (including phenoxy) is 1. The van der Waals surface area contributed by atoms with Gasteiger partial charge in [-0.3, -0.25) is 0 Å². The summed E-state index contributed by atoms with van der Waals surface area (Å²) >= 11 is 0. The Hall–Kier alpha value is -2.10. The van der Waals surface area contributed by atoms with Gasteiger partial charge in [0, 0.05) is 6.07 Å². The Bertz CT molecular complexity index is 642. The minimum absolute atomic E-state index is 0.0278. The Morgan fingerprint density at radius 1 is 1.15 bits per heavy atom. The molecule has 0 saturated heterocycles. The van der Waals surface area contributed by atoms with Crippen LogP contribution in [0.2, 0.25) is 0 Å². The third-order valence-corrected chi connectivity index (χ3v) is 3.69. The maximum atomic E-state index is 13.7. The van der Waals surface area contributed by atoms with E-state index >= 15 is 0 Å². The lowest BCUT2D eigenvalue weighted by Crippen LogP contribution is -2.08.